The fraction of sp³-hybridized carbons (Fsp3) is 0. The number of hydrogen-bond donors (Lipinski definition) is 1. The van der Waals surface area contributed by atoms with Gasteiger partial charge in [0.2, 0.25) is 0 Å². The van der Waals surface area contributed by atoms with E-state index in [4.69, 9.17) is 10.2 Å². The average Bonchev–Trinajstić information content (AvgIpc) is 2.93. The fourth-order valence-electron chi connectivity index (χ4n) is 2.03. The van der Waals surface area contributed by atoms with Gasteiger partial charge in [0, 0.05) is 23.3 Å². The molecular weight excluding hydrogens is 250 g/mol. The summed E-state index contributed by atoms with van der Waals surface area (Å²) < 4.78 is 5.68. The fourth-order valence-corrected chi connectivity index (χ4v) is 2.03. The molecule has 0 unspecified atom stereocenters. The van der Waals surface area contributed by atoms with Crippen molar-refractivity contribution in [2.45, 2.75) is 0 Å². The maximum absolute atomic E-state index is 9.33. The highest BCUT2D eigenvalue weighted by molar-refractivity contribution is 5.96. The Morgan fingerprint density at radius 1 is 1.20 bits per heavy atom. The van der Waals surface area contributed by atoms with Gasteiger partial charge in [-0.1, -0.05) is 24.3 Å². The average molecular weight is 261 g/mol. The predicted octanol–water partition coefficient (Wildman–Crippen LogP) is 3.18. The number of hydrogen-bond acceptors (Lipinski definition) is 4. The number of nitriles is 1. The molecule has 3 rings (SSSR count). The van der Waals surface area contributed by atoms with E-state index in [0.29, 0.717) is 22.6 Å². The number of fused-ring (bicyclic) bond motifs is 1. The van der Waals surface area contributed by atoms with Crippen molar-refractivity contribution >= 4 is 22.2 Å². The normalized spacial score (nSPS) is 11.9. The van der Waals surface area contributed by atoms with Gasteiger partial charge in [-0.25, -0.2) is 0 Å². The van der Waals surface area contributed by atoms with Crippen LogP contribution in [-0.4, -0.2) is 4.98 Å². The van der Waals surface area contributed by atoms with Crippen LogP contribution in [0.1, 0.15) is 11.3 Å². The van der Waals surface area contributed by atoms with Crippen LogP contribution < -0.4 is 5.73 Å². The van der Waals surface area contributed by atoms with Crippen LogP contribution in [-0.2, 0) is 0 Å². The predicted molar refractivity (Wildman–Crippen MR) is 77.1 cm³/mol. The van der Waals surface area contributed by atoms with E-state index in [2.05, 4.69) is 11.1 Å². The minimum Gasteiger partial charge on any atom is -0.454 e. The van der Waals surface area contributed by atoms with Crippen molar-refractivity contribution in [3.8, 4) is 6.07 Å². The minimum atomic E-state index is 0.316. The molecule has 2 aromatic heterocycles. The van der Waals surface area contributed by atoms with Crippen LogP contribution in [0.5, 0.6) is 0 Å². The second-order valence-corrected chi connectivity index (χ2v) is 4.29. The van der Waals surface area contributed by atoms with Crippen molar-refractivity contribution in [1.29, 1.82) is 5.26 Å². The molecule has 2 heterocycles. The molecule has 2 N–H and O–H groups in total. The summed E-state index contributed by atoms with van der Waals surface area (Å²) in [7, 11) is 0. The van der Waals surface area contributed by atoms with Gasteiger partial charge >= 0.3 is 0 Å². The summed E-state index contributed by atoms with van der Waals surface area (Å²) >= 11 is 0. The molecule has 96 valence electrons. The van der Waals surface area contributed by atoms with Crippen LogP contribution >= 0.6 is 0 Å². The van der Waals surface area contributed by atoms with Gasteiger partial charge in [-0.2, -0.15) is 5.26 Å². The van der Waals surface area contributed by atoms with E-state index >= 15 is 0 Å². The molecule has 4 nitrogen and oxygen atoms in total. The van der Waals surface area contributed by atoms with Gasteiger partial charge in [0.25, 0.3) is 0 Å². The first-order valence-electron chi connectivity index (χ1n) is 6.09. The Balaban J connectivity index is 2.16. The molecule has 0 aliphatic carbocycles. The molecule has 0 bridgehead atoms. The first kappa shape index (κ1) is 12.0. The number of para-hydroxylation sites is 1. The number of rotatable bonds is 2. The Morgan fingerprint density at radius 2 is 2.05 bits per heavy atom. The van der Waals surface area contributed by atoms with Gasteiger partial charge in [-0.3, -0.25) is 4.98 Å². The highest BCUT2D eigenvalue weighted by Gasteiger charge is 2.12. The van der Waals surface area contributed by atoms with Crippen LogP contribution in [0.3, 0.4) is 0 Å². The molecule has 1 aromatic carbocycles. The number of nitrogens with two attached hydrogens (primary N) is 1. The lowest BCUT2D eigenvalue weighted by Crippen LogP contribution is -1.99. The van der Waals surface area contributed by atoms with E-state index in [1.54, 1.807) is 24.5 Å². The zero-order valence-electron chi connectivity index (χ0n) is 10.6. The van der Waals surface area contributed by atoms with Gasteiger partial charge < -0.3 is 10.2 Å². The number of furan rings is 1. The number of allylic oxidation sites excluding steroid dienone is 1. The Labute approximate surface area is 115 Å². The molecule has 0 fully saturated rings. The summed E-state index contributed by atoms with van der Waals surface area (Å²) in [5.74, 6) is 0.492. The third-order valence-corrected chi connectivity index (χ3v) is 3.02. The van der Waals surface area contributed by atoms with Crippen LogP contribution in [0.4, 0.5) is 0 Å². The molecule has 4 heteroatoms. The Hall–Kier alpha value is -3.06. The molecular formula is C16H11N3O. The van der Waals surface area contributed by atoms with Crippen molar-refractivity contribution in [2.24, 2.45) is 5.73 Å². The van der Waals surface area contributed by atoms with E-state index in [0.717, 1.165) is 11.0 Å². The Bertz CT molecular complexity index is 793. The third kappa shape index (κ3) is 2.02. The summed E-state index contributed by atoms with van der Waals surface area (Å²) in [6, 6.07) is 15.1. The largest absolute Gasteiger partial charge is 0.454 e. The number of aromatic nitrogens is 1. The Kier molecular flexibility index (Phi) is 2.94. The van der Waals surface area contributed by atoms with Crippen LogP contribution in [0.15, 0.2) is 59.3 Å². The van der Waals surface area contributed by atoms with Crippen molar-refractivity contribution < 1.29 is 4.42 Å². The second kappa shape index (κ2) is 4.90. The van der Waals surface area contributed by atoms with Gasteiger partial charge in [-0.15, -0.1) is 0 Å². The van der Waals surface area contributed by atoms with E-state index in [1.807, 2.05) is 30.3 Å². The maximum Gasteiger partial charge on any atom is 0.152 e. The third-order valence-electron chi connectivity index (χ3n) is 3.02. The van der Waals surface area contributed by atoms with Crippen LogP contribution in [0.25, 0.3) is 22.2 Å². The topological polar surface area (TPSA) is 75.8 Å². The molecule has 0 radical (unpaired) electrons. The minimum absolute atomic E-state index is 0.316. The van der Waals surface area contributed by atoms with Gasteiger partial charge in [-0.05, 0) is 18.2 Å². The van der Waals surface area contributed by atoms with Gasteiger partial charge in [0.15, 0.2) is 5.76 Å². The first-order valence-corrected chi connectivity index (χ1v) is 6.09. The van der Waals surface area contributed by atoms with E-state index in [9.17, 15) is 5.26 Å². The highest BCUT2D eigenvalue weighted by atomic mass is 16.3. The number of benzene rings is 1. The molecule has 0 amide bonds. The number of nitrogens with zero attached hydrogens (tertiary/aromatic N) is 2. The molecule has 0 saturated heterocycles. The van der Waals surface area contributed by atoms with Crippen molar-refractivity contribution in [2.75, 3.05) is 0 Å². The van der Waals surface area contributed by atoms with Crippen LogP contribution in [0, 0.1) is 11.3 Å². The Morgan fingerprint density at radius 3 is 2.75 bits per heavy atom. The maximum atomic E-state index is 9.33. The van der Waals surface area contributed by atoms with Crippen LogP contribution in [0.2, 0.25) is 0 Å². The zero-order chi connectivity index (χ0) is 13.9. The summed E-state index contributed by atoms with van der Waals surface area (Å²) in [4.78, 5) is 4.00. The SMILES string of the molecule is N#C/C(=C(/N)c1cc2ccccc2o1)c1cccnc1. The number of pyridine rings is 1. The zero-order valence-corrected chi connectivity index (χ0v) is 10.6. The quantitative estimate of drug-likeness (QED) is 0.719. The van der Waals surface area contributed by atoms with Crippen molar-refractivity contribution in [3.05, 3.63) is 66.2 Å². The van der Waals surface area contributed by atoms with E-state index in [-0.39, 0.29) is 0 Å². The standard InChI is InChI=1S/C16H11N3O/c17-9-13(12-5-3-7-19-10-12)16(18)15-8-11-4-1-2-6-14(11)20-15/h1-8,10H,18H2/b16-13-. The summed E-state index contributed by atoms with van der Waals surface area (Å²) in [5.41, 5.74) is 8.17. The molecule has 3 aromatic rings. The lowest BCUT2D eigenvalue weighted by Gasteiger charge is -2.02. The molecule has 20 heavy (non-hydrogen) atoms. The molecule has 0 aliphatic rings. The van der Waals surface area contributed by atoms with E-state index < -0.39 is 0 Å². The van der Waals surface area contributed by atoms with Gasteiger partial charge in [0.1, 0.15) is 11.7 Å². The van der Waals surface area contributed by atoms with Crippen molar-refractivity contribution in [3.63, 3.8) is 0 Å². The summed E-state index contributed by atoms with van der Waals surface area (Å²) in [5, 5.41) is 10.3. The smallest absolute Gasteiger partial charge is 0.152 e. The lowest BCUT2D eigenvalue weighted by atomic mass is 10.1. The monoisotopic (exact) mass is 261 g/mol. The van der Waals surface area contributed by atoms with Gasteiger partial charge in [0.05, 0.1) is 11.3 Å². The molecule has 0 spiro atoms. The molecule has 0 aliphatic heterocycles. The van der Waals surface area contributed by atoms with Crippen molar-refractivity contribution in [1.82, 2.24) is 4.98 Å². The lowest BCUT2D eigenvalue weighted by molar-refractivity contribution is 0.599. The summed E-state index contributed by atoms with van der Waals surface area (Å²) in [6.45, 7) is 0. The first-order chi connectivity index (χ1) is 9.79. The highest BCUT2D eigenvalue weighted by Crippen LogP contribution is 2.26. The molecule has 0 saturated carbocycles. The second-order valence-electron chi connectivity index (χ2n) is 4.29. The van der Waals surface area contributed by atoms with E-state index in [1.165, 1.54) is 0 Å². The summed E-state index contributed by atoms with van der Waals surface area (Å²) in [6.07, 6.45) is 3.25. The molecule has 0 atom stereocenters.